The predicted octanol–water partition coefficient (Wildman–Crippen LogP) is 1.40. The summed E-state index contributed by atoms with van der Waals surface area (Å²) in [5.41, 5.74) is 1.62. The molecule has 0 aromatic carbocycles. The van der Waals surface area contributed by atoms with Crippen LogP contribution in [0.1, 0.15) is 5.69 Å². The molecule has 3 nitrogen and oxygen atoms in total. The van der Waals surface area contributed by atoms with Crippen molar-refractivity contribution in [3.05, 3.63) is 37.1 Å². The molecule has 0 fully saturated rings. The van der Waals surface area contributed by atoms with Crippen LogP contribution in [0.5, 0.6) is 5.75 Å². The minimum atomic E-state index is 0.667. The summed E-state index contributed by atoms with van der Waals surface area (Å²) >= 11 is 0. The summed E-state index contributed by atoms with van der Waals surface area (Å²) in [7, 11) is 0. The van der Waals surface area contributed by atoms with Crippen LogP contribution in [0.3, 0.4) is 0 Å². The molecule has 2 heterocycles. The Balaban J connectivity index is 2.59. The van der Waals surface area contributed by atoms with Gasteiger partial charge in [0, 0.05) is 0 Å². The summed E-state index contributed by atoms with van der Waals surface area (Å²) in [4.78, 5) is 7.83. The van der Waals surface area contributed by atoms with Crippen molar-refractivity contribution in [1.82, 2.24) is 9.97 Å². The van der Waals surface area contributed by atoms with Crippen LogP contribution in [0.4, 0.5) is 0 Å². The maximum absolute atomic E-state index is 5.13. The van der Waals surface area contributed by atoms with E-state index in [1.165, 1.54) is 6.33 Å². The molecule has 0 N–H and O–H groups in total. The molecule has 0 spiro atoms. The van der Waals surface area contributed by atoms with E-state index in [4.69, 9.17) is 4.74 Å². The van der Waals surface area contributed by atoms with Crippen LogP contribution in [-0.2, 0) is 0 Å². The molecular weight excluding hydrogens is 140 g/mol. The van der Waals surface area contributed by atoms with Gasteiger partial charge in [0.2, 0.25) is 0 Å². The molecule has 0 amide bonds. The first-order valence-electron chi connectivity index (χ1n) is 3.20. The Morgan fingerprint density at radius 2 is 2.36 bits per heavy atom. The van der Waals surface area contributed by atoms with E-state index in [1.54, 1.807) is 18.5 Å². The van der Waals surface area contributed by atoms with Crippen LogP contribution in [-0.4, -0.2) is 9.97 Å². The lowest BCUT2D eigenvalue weighted by atomic mass is 10.2. The summed E-state index contributed by atoms with van der Waals surface area (Å²) in [6.07, 6.45) is 6.45. The van der Waals surface area contributed by atoms with Gasteiger partial charge in [0.25, 0.3) is 0 Å². The molecule has 1 aliphatic rings. The van der Waals surface area contributed by atoms with E-state index < -0.39 is 0 Å². The summed E-state index contributed by atoms with van der Waals surface area (Å²) in [6, 6.07) is 0. The molecule has 1 aliphatic heterocycles. The monoisotopic (exact) mass is 146 g/mol. The summed E-state index contributed by atoms with van der Waals surface area (Å²) in [5.74, 6) is 0.667. The molecule has 0 atom stereocenters. The number of rotatable bonds is 0. The molecule has 3 heteroatoms. The van der Waals surface area contributed by atoms with Crippen LogP contribution in [0.2, 0.25) is 0 Å². The van der Waals surface area contributed by atoms with Gasteiger partial charge >= 0.3 is 0 Å². The predicted molar refractivity (Wildman–Crippen MR) is 40.8 cm³/mol. The molecule has 2 rings (SSSR count). The largest absolute Gasteiger partial charge is 0.461 e. The van der Waals surface area contributed by atoms with Gasteiger partial charge in [-0.2, -0.15) is 0 Å². The van der Waals surface area contributed by atoms with Gasteiger partial charge in [-0.15, -0.1) is 0 Å². The molecule has 1 aromatic heterocycles. The Labute approximate surface area is 64.1 Å². The van der Waals surface area contributed by atoms with E-state index in [9.17, 15) is 0 Å². The van der Waals surface area contributed by atoms with Crippen molar-refractivity contribution in [2.45, 2.75) is 0 Å². The highest BCUT2D eigenvalue weighted by Gasteiger charge is 2.09. The maximum Gasteiger partial charge on any atom is 0.171 e. The van der Waals surface area contributed by atoms with Crippen LogP contribution < -0.4 is 4.74 Å². The standard InChI is InChI=1S/C8H6N2O/c1-6-2-3-11-7-4-9-5-10-8(6)7/h2-5H,1H2. The Bertz CT molecular complexity index is 331. The highest BCUT2D eigenvalue weighted by atomic mass is 16.5. The van der Waals surface area contributed by atoms with Crippen LogP contribution in [0, 0.1) is 0 Å². The van der Waals surface area contributed by atoms with Crippen molar-refractivity contribution in [2.75, 3.05) is 0 Å². The van der Waals surface area contributed by atoms with Gasteiger partial charge in [-0.3, -0.25) is 0 Å². The zero-order valence-electron chi connectivity index (χ0n) is 5.82. The molecule has 0 aliphatic carbocycles. The van der Waals surface area contributed by atoms with E-state index in [-0.39, 0.29) is 0 Å². The maximum atomic E-state index is 5.13. The van der Waals surface area contributed by atoms with Crippen molar-refractivity contribution in [1.29, 1.82) is 0 Å². The fraction of sp³-hybridized carbons (Fsp3) is 0. The summed E-state index contributed by atoms with van der Waals surface area (Å²) < 4.78 is 5.13. The topological polar surface area (TPSA) is 35.0 Å². The Morgan fingerprint density at radius 3 is 3.18 bits per heavy atom. The second-order valence-corrected chi connectivity index (χ2v) is 2.18. The van der Waals surface area contributed by atoms with Gasteiger partial charge in [0.05, 0.1) is 12.5 Å². The lowest BCUT2D eigenvalue weighted by Crippen LogP contribution is -1.98. The average molecular weight is 146 g/mol. The van der Waals surface area contributed by atoms with Gasteiger partial charge in [-0.25, -0.2) is 9.97 Å². The molecule has 0 bridgehead atoms. The highest BCUT2D eigenvalue weighted by Crippen LogP contribution is 2.25. The SMILES string of the molecule is C=C1C=COc2cncnc21. The zero-order chi connectivity index (χ0) is 7.68. The Kier molecular flexibility index (Phi) is 1.22. The van der Waals surface area contributed by atoms with Crippen LogP contribution >= 0.6 is 0 Å². The van der Waals surface area contributed by atoms with E-state index >= 15 is 0 Å². The van der Waals surface area contributed by atoms with Gasteiger partial charge in [-0.1, -0.05) is 6.58 Å². The second kappa shape index (κ2) is 2.20. The quantitative estimate of drug-likeness (QED) is 0.554. The van der Waals surface area contributed by atoms with Crippen molar-refractivity contribution >= 4 is 5.57 Å². The number of nitrogens with zero attached hydrogens (tertiary/aromatic N) is 2. The van der Waals surface area contributed by atoms with Crippen molar-refractivity contribution in [3.8, 4) is 5.75 Å². The average Bonchev–Trinajstić information content (AvgIpc) is 2.06. The van der Waals surface area contributed by atoms with Crippen molar-refractivity contribution in [2.24, 2.45) is 0 Å². The van der Waals surface area contributed by atoms with E-state index in [0.29, 0.717) is 5.75 Å². The van der Waals surface area contributed by atoms with Gasteiger partial charge in [0.1, 0.15) is 12.0 Å². The number of hydrogen-bond donors (Lipinski definition) is 0. The fourth-order valence-electron chi connectivity index (χ4n) is 0.913. The fourth-order valence-corrected chi connectivity index (χ4v) is 0.913. The van der Waals surface area contributed by atoms with Gasteiger partial charge in [-0.05, 0) is 11.6 Å². The molecule has 1 aromatic rings. The first-order valence-corrected chi connectivity index (χ1v) is 3.20. The van der Waals surface area contributed by atoms with Crippen LogP contribution in [0.15, 0.2) is 31.4 Å². The molecule has 0 radical (unpaired) electrons. The third kappa shape index (κ3) is 0.902. The number of allylic oxidation sites excluding steroid dienone is 2. The normalized spacial score (nSPS) is 14.0. The lowest BCUT2D eigenvalue weighted by molar-refractivity contribution is 0.470. The molecule has 11 heavy (non-hydrogen) atoms. The van der Waals surface area contributed by atoms with E-state index in [1.807, 2.05) is 0 Å². The zero-order valence-corrected chi connectivity index (χ0v) is 5.82. The Hall–Kier alpha value is -1.64. The number of fused-ring (bicyclic) bond motifs is 1. The van der Waals surface area contributed by atoms with Crippen molar-refractivity contribution in [3.63, 3.8) is 0 Å². The molecule has 0 unspecified atom stereocenters. The smallest absolute Gasteiger partial charge is 0.171 e. The second-order valence-electron chi connectivity index (χ2n) is 2.18. The molecule has 0 saturated heterocycles. The highest BCUT2D eigenvalue weighted by molar-refractivity contribution is 5.74. The number of aromatic nitrogens is 2. The third-order valence-electron chi connectivity index (χ3n) is 1.45. The van der Waals surface area contributed by atoms with Crippen molar-refractivity contribution < 1.29 is 4.74 Å². The molecule has 0 saturated carbocycles. The number of ether oxygens (including phenoxy) is 1. The molecule has 54 valence electrons. The van der Waals surface area contributed by atoms with E-state index in [2.05, 4.69) is 16.5 Å². The van der Waals surface area contributed by atoms with E-state index in [0.717, 1.165) is 11.3 Å². The van der Waals surface area contributed by atoms with Gasteiger partial charge in [0.15, 0.2) is 5.75 Å². The first kappa shape index (κ1) is 6.09. The van der Waals surface area contributed by atoms with Gasteiger partial charge < -0.3 is 4.74 Å². The third-order valence-corrected chi connectivity index (χ3v) is 1.45. The summed E-state index contributed by atoms with van der Waals surface area (Å²) in [5, 5.41) is 0. The van der Waals surface area contributed by atoms with Crippen LogP contribution in [0.25, 0.3) is 5.57 Å². The lowest BCUT2D eigenvalue weighted by Gasteiger charge is -2.10. The Morgan fingerprint density at radius 1 is 1.45 bits per heavy atom. The first-order chi connectivity index (χ1) is 5.38. The minimum Gasteiger partial charge on any atom is -0.461 e. The number of hydrogen-bond acceptors (Lipinski definition) is 3. The minimum absolute atomic E-state index is 0.667. The molecular formula is C8H6N2O. The summed E-state index contributed by atoms with van der Waals surface area (Å²) in [6.45, 7) is 3.80.